The largest absolute Gasteiger partial charge is 0.494 e. The van der Waals surface area contributed by atoms with E-state index >= 15 is 0 Å². The summed E-state index contributed by atoms with van der Waals surface area (Å²) in [5, 5.41) is 1.11. The molecule has 0 bridgehead atoms. The Balaban J connectivity index is 0.00000126. The molecule has 0 atom stereocenters. The maximum Gasteiger partial charge on any atom is 0.494 e. The summed E-state index contributed by atoms with van der Waals surface area (Å²) < 4.78 is 12.3. The van der Waals surface area contributed by atoms with Crippen molar-refractivity contribution < 1.29 is 9.31 Å². The number of pyridine rings is 1. The first-order chi connectivity index (χ1) is 12.7. The third-order valence-electron chi connectivity index (χ3n) is 5.53. The lowest BCUT2D eigenvalue weighted by Gasteiger charge is -2.32. The van der Waals surface area contributed by atoms with Crippen LogP contribution < -0.4 is 11.2 Å². The smallest absolute Gasteiger partial charge is 0.399 e. The van der Waals surface area contributed by atoms with Crippen LogP contribution >= 0.6 is 0 Å². The quantitative estimate of drug-likeness (QED) is 0.602. The van der Waals surface area contributed by atoms with Crippen molar-refractivity contribution in [3.8, 4) is 0 Å². The summed E-state index contributed by atoms with van der Waals surface area (Å²) in [6.07, 6.45) is 4.57. The van der Waals surface area contributed by atoms with Crippen molar-refractivity contribution in [1.82, 2.24) is 4.98 Å². The van der Waals surface area contributed by atoms with E-state index in [1.165, 1.54) is 12.8 Å². The van der Waals surface area contributed by atoms with Crippen molar-refractivity contribution in [1.29, 1.82) is 0 Å². The molecule has 2 heterocycles. The van der Waals surface area contributed by atoms with Gasteiger partial charge in [-0.15, -0.1) is 0 Å². The average Bonchev–Trinajstić information content (AvgIpc) is 2.84. The molecular weight excluding hydrogens is 335 g/mol. The molecule has 0 spiro atoms. The van der Waals surface area contributed by atoms with Crippen molar-refractivity contribution >= 4 is 29.3 Å². The van der Waals surface area contributed by atoms with Crippen LogP contribution in [0.3, 0.4) is 0 Å². The number of rotatable bonds is 5. The van der Waals surface area contributed by atoms with Gasteiger partial charge >= 0.3 is 7.12 Å². The normalized spacial score (nSPS) is 17.7. The lowest BCUT2D eigenvalue weighted by Crippen LogP contribution is -2.41. The number of aromatic nitrogens is 1. The Kier molecular flexibility index (Phi) is 6.93. The van der Waals surface area contributed by atoms with Gasteiger partial charge in [-0.2, -0.15) is 0 Å². The second-order valence-corrected chi connectivity index (χ2v) is 8.03. The van der Waals surface area contributed by atoms with Gasteiger partial charge in [-0.25, -0.2) is 4.98 Å². The molecule has 0 saturated carbocycles. The molecule has 0 unspecified atom stereocenters. The first kappa shape index (κ1) is 21.7. The maximum absolute atomic E-state index is 6.18. The first-order valence-electron chi connectivity index (χ1n) is 10.3. The highest BCUT2D eigenvalue weighted by Gasteiger charge is 2.51. The van der Waals surface area contributed by atoms with Gasteiger partial charge in [0.1, 0.15) is 5.82 Å². The second-order valence-electron chi connectivity index (χ2n) is 8.03. The van der Waals surface area contributed by atoms with E-state index < -0.39 is 0 Å². The monoisotopic (exact) mass is 370 g/mol. The summed E-state index contributed by atoms with van der Waals surface area (Å²) in [7, 11) is -0.373. The topological polar surface area (TPSA) is 57.4 Å². The molecule has 1 aromatic carbocycles. The van der Waals surface area contributed by atoms with E-state index in [4.69, 9.17) is 15.0 Å². The molecular formula is C22H35BN2O2. The number of aryl methyl sites for hydroxylation is 1. The van der Waals surface area contributed by atoms with E-state index in [2.05, 4.69) is 57.8 Å². The SMILES string of the molecule is CC.CCCCCc1cc2ccc(B3OC(C)(C)C(C)(C)O3)cc2nc1N. The summed E-state index contributed by atoms with van der Waals surface area (Å²) in [5.41, 5.74) is 8.51. The van der Waals surface area contributed by atoms with Crippen molar-refractivity contribution in [3.63, 3.8) is 0 Å². The third-order valence-corrected chi connectivity index (χ3v) is 5.53. The number of nitrogen functional groups attached to an aromatic ring is 1. The van der Waals surface area contributed by atoms with E-state index in [1.54, 1.807) is 0 Å². The van der Waals surface area contributed by atoms with E-state index in [0.717, 1.165) is 34.8 Å². The number of nitrogens with two attached hydrogens (primary N) is 1. The van der Waals surface area contributed by atoms with Crippen LogP contribution in [-0.2, 0) is 15.7 Å². The predicted molar refractivity (Wildman–Crippen MR) is 116 cm³/mol. The Morgan fingerprint density at radius 1 is 1.00 bits per heavy atom. The van der Waals surface area contributed by atoms with Gasteiger partial charge in [0.05, 0.1) is 16.7 Å². The molecule has 1 saturated heterocycles. The maximum atomic E-state index is 6.18. The van der Waals surface area contributed by atoms with Gasteiger partial charge in [-0.1, -0.05) is 45.7 Å². The highest BCUT2D eigenvalue weighted by molar-refractivity contribution is 6.62. The first-order valence-corrected chi connectivity index (χ1v) is 10.3. The molecule has 0 amide bonds. The predicted octanol–water partition coefficient (Wildman–Crippen LogP) is 4.88. The van der Waals surface area contributed by atoms with Crippen molar-refractivity contribution in [2.24, 2.45) is 0 Å². The zero-order valence-corrected chi connectivity index (χ0v) is 18.1. The Bertz CT molecular complexity index is 758. The van der Waals surface area contributed by atoms with E-state index in [1.807, 2.05) is 19.9 Å². The summed E-state index contributed by atoms with van der Waals surface area (Å²) in [5.74, 6) is 0.634. The third kappa shape index (κ3) is 4.64. The molecule has 2 aromatic rings. The Hall–Kier alpha value is -1.59. The molecule has 5 heteroatoms. The van der Waals surface area contributed by atoms with Crippen molar-refractivity contribution in [2.45, 2.75) is 85.4 Å². The Morgan fingerprint density at radius 2 is 1.63 bits per heavy atom. The summed E-state index contributed by atoms with van der Waals surface area (Å²) >= 11 is 0. The number of nitrogens with zero attached hydrogens (tertiary/aromatic N) is 1. The second kappa shape index (κ2) is 8.62. The molecule has 0 aliphatic carbocycles. The van der Waals surface area contributed by atoms with Gasteiger partial charge in [0, 0.05) is 5.39 Å². The molecule has 4 nitrogen and oxygen atoms in total. The molecule has 3 rings (SSSR count). The zero-order chi connectivity index (χ0) is 20.2. The van der Waals surface area contributed by atoms with Gasteiger partial charge in [0.25, 0.3) is 0 Å². The lowest BCUT2D eigenvalue weighted by molar-refractivity contribution is 0.00578. The number of fused-ring (bicyclic) bond motifs is 1. The van der Waals surface area contributed by atoms with Gasteiger partial charge in [-0.3, -0.25) is 0 Å². The number of hydrogen-bond acceptors (Lipinski definition) is 4. The molecule has 0 radical (unpaired) electrons. The van der Waals surface area contributed by atoms with Crippen LogP contribution in [0.2, 0.25) is 0 Å². The van der Waals surface area contributed by atoms with Crippen LogP contribution in [0, 0.1) is 0 Å². The molecule has 1 fully saturated rings. The van der Waals surface area contributed by atoms with Crippen molar-refractivity contribution in [3.05, 3.63) is 29.8 Å². The number of benzene rings is 1. The Labute approximate surface area is 165 Å². The minimum absolute atomic E-state index is 0.345. The van der Waals surface area contributed by atoms with Gasteiger partial charge < -0.3 is 15.0 Å². The fourth-order valence-corrected chi connectivity index (χ4v) is 3.13. The molecule has 1 aliphatic heterocycles. The van der Waals surface area contributed by atoms with E-state index in [0.29, 0.717) is 5.82 Å². The van der Waals surface area contributed by atoms with E-state index in [9.17, 15) is 0 Å². The standard InChI is InChI=1S/C20H29BN2O2.C2H6/c1-6-7-8-9-15-12-14-10-11-16(13-17(14)23-18(15)22)21-24-19(2,3)20(4,5)25-21;1-2/h10-13H,6-9H2,1-5H3,(H2,22,23);1-2H3. The molecule has 148 valence electrons. The van der Waals surface area contributed by atoms with Crippen molar-refractivity contribution in [2.75, 3.05) is 5.73 Å². The van der Waals surface area contributed by atoms with Crippen LogP contribution in [0.15, 0.2) is 24.3 Å². The molecule has 27 heavy (non-hydrogen) atoms. The average molecular weight is 370 g/mol. The Morgan fingerprint density at radius 3 is 2.22 bits per heavy atom. The number of unbranched alkanes of at least 4 members (excludes halogenated alkanes) is 2. The van der Waals surface area contributed by atoms with Crippen LogP contribution in [0.5, 0.6) is 0 Å². The molecule has 1 aromatic heterocycles. The summed E-state index contributed by atoms with van der Waals surface area (Å²) in [6.45, 7) is 14.5. The van der Waals surface area contributed by atoms with Crippen LogP contribution in [-0.4, -0.2) is 23.3 Å². The van der Waals surface area contributed by atoms with Crippen LogP contribution in [0.25, 0.3) is 10.9 Å². The lowest BCUT2D eigenvalue weighted by atomic mass is 9.78. The van der Waals surface area contributed by atoms with Gasteiger partial charge in [0.2, 0.25) is 0 Å². The van der Waals surface area contributed by atoms with Gasteiger partial charge in [-0.05, 0) is 63.7 Å². The minimum atomic E-state index is -0.373. The van der Waals surface area contributed by atoms with Crippen LogP contribution in [0.4, 0.5) is 5.82 Å². The van der Waals surface area contributed by atoms with Gasteiger partial charge in [0.15, 0.2) is 0 Å². The zero-order valence-electron chi connectivity index (χ0n) is 18.1. The number of anilines is 1. The number of hydrogen-bond donors (Lipinski definition) is 1. The highest BCUT2D eigenvalue weighted by Crippen LogP contribution is 2.36. The highest BCUT2D eigenvalue weighted by atomic mass is 16.7. The fourth-order valence-electron chi connectivity index (χ4n) is 3.13. The molecule has 2 N–H and O–H groups in total. The summed E-state index contributed by atoms with van der Waals surface area (Å²) in [4.78, 5) is 4.63. The van der Waals surface area contributed by atoms with E-state index in [-0.39, 0.29) is 18.3 Å². The minimum Gasteiger partial charge on any atom is -0.399 e. The van der Waals surface area contributed by atoms with Crippen LogP contribution in [0.1, 0.15) is 73.3 Å². The molecule has 1 aliphatic rings. The summed E-state index contributed by atoms with van der Waals surface area (Å²) in [6, 6.07) is 8.36. The fraction of sp³-hybridized carbons (Fsp3) is 0.591.